The second kappa shape index (κ2) is 10.4. The molecular weight excluding hydrogens is 494 g/mol. The third-order valence-corrected chi connectivity index (χ3v) is 6.32. The Kier molecular flexibility index (Phi) is 7.22. The largest absolute Gasteiger partial charge is 0.497 e. The molecule has 1 aliphatic heterocycles. The normalized spacial score (nSPS) is 13.2. The molecule has 37 heavy (non-hydrogen) atoms. The van der Waals surface area contributed by atoms with E-state index in [0.717, 1.165) is 27.3 Å². The zero-order valence-corrected chi connectivity index (χ0v) is 21.8. The SMILES string of the molecule is COc1ccc(N2C(=O)C(Cl)=C(Nc3cccc(C(=O)Nc4c(C)cc(C)cc4C)c3)C2=O)c(OC)c1. The molecule has 0 radical (unpaired) electrons. The van der Waals surface area contributed by atoms with Crippen LogP contribution in [-0.2, 0) is 9.59 Å². The minimum Gasteiger partial charge on any atom is -0.497 e. The van der Waals surface area contributed by atoms with Crippen molar-refractivity contribution in [3.05, 3.63) is 87.6 Å². The lowest BCUT2D eigenvalue weighted by Crippen LogP contribution is -2.32. The zero-order valence-electron chi connectivity index (χ0n) is 21.1. The molecule has 0 unspecified atom stereocenters. The maximum absolute atomic E-state index is 13.3. The number of aryl methyl sites for hydroxylation is 3. The lowest BCUT2D eigenvalue weighted by Gasteiger charge is -2.18. The number of hydrogen-bond acceptors (Lipinski definition) is 6. The van der Waals surface area contributed by atoms with Gasteiger partial charge in [0, 0.05) is 23.0 Å². The van der Waals surface area contributed by atoms with Crippen LogP contribution in [0.3, 0.4) is 0 Å². The maximum atomic E-state index is 13.3. The Morgan fingerprint density at radius 1 is 0.892 bits per heavy atom. The smallest absolute Gasteiger partial charge is 0.283 e. The van der Waals surface area contributed by atoms with E-state index in [1.165, 1.54) is 14.2 Å². The van der Waals surface area contributed by atoms with Gasteiger partial charge in [0.15, 0.2) is 0 Å². The Morgan fingerprint density at radius 2 is 1.59 bits per heavy atom. The number of carbonyl (C=O) groups is 3. The number of imide groups is 1. The first kappa shape index (κ1) is 25.8. The predicted octanol–water partition coefficient (Wildman–Crippen LogP) is 5.32. The molecule has 0 aromatic heterocycles. The van der Waals surface area contributed by atoms with E-state index >= 15 is 0 Å². The van der Waals surface area contributed by atoms with E-state index in [9.17, 15) is 14.4 Å². The minimum absolute atomic E-state index is 0.104. The third-order valence-electron chi connectivity index (χ3n) is 5.96. The molecule has 3 aromatic rings. The molecule has 9 heteroatoms. The van der Waals surface area contributed by atoms with Crippen LogP contribution in [0, 0.1) is 20.8 Å². The molecule has 2 N–H and O–H groups in total. The van der Waals surface area contributed by atoms with Gasteiger partial charge in [-0.25, -0.2) is 4.90 Å². The molecular formula is C28H26ClN3O5. The summed E-state index contributed by atoms with van der Waals surface area (Å²) in [5.74, 6) is -0.886. The van der Waals surface area contributed by atoms with Crippen molar-refractivity contribution in [3.63, 3.8) is 0 Å². The average Bonchev–Trinajstić information content (AvgIpc) is 3.08. The van der Waals surface area contributed by atoms with E-state index < -0.39 is 11.8 Å². The van der Waals surface area contributed by atoms with Gasteiger partial charge >= 0.3 is 0 Å². The highest BCUT2D eigenvalue weighted by atomic mass is 35.5. The Hall–Kier alpha value is -4.30. The highest BCUT2D eigenvalue weighted by Gasteiger charge is 2.40. The number of rotatable bonds is 7. The Balaban J connectivity index is 1.57. The van der Waals surface area contributed by atoms with Crippen molar-refractivity contribution in [3.8, 4) is 11.5 Å². The zero-order chi connectivity index (χ0) is 26.9. The van der Waals surface area contributed by atoms with Crippen LogP contribution in [0.15, 0.2) is 65.3 Å². The molecule has 0 saturated carbocycles. The Bertz CT molecular complexity index is 1440. The average molecular weight is 520 g/mol. The summed E-state index contributed by atoms with van der Waals surface area (Å²) in [6, 6.07) is 15.3. The lowest BCUT2D eigenvalue weighted by atomic mass is 10.0. The van der Waals surface area contributed by atoms with Crippen molar-refractivity contribution in [1.29, 1.82) is 0 Å². The molecule has 190 valence electrons. The van der Waals surface area contributed by atoms with Crippen molar-refractivity contribution in [2.24, 2.45) is 0 Å². The molecule has 3 amide bonds. The molecule has 0 atom stereocenters. The van der Waals surface area contributed by atoms with Crippen LogP contribution in [0.25, 0.3) is 0 Å². The summed E-state index contributed by atoms with van der Waals surface area (Å²) in [7, 11) is 2.92. The Labute approximate surface area is 219 Å². The van der Waals surface area contributed by atoms with Crippen molar-refractivity contribution >= 4 is 46.4 Å². The lowest BCUT2D eigenvalue weighted by molar-refractivity contribution is -0.120. The molecule has 0 spiro atoms. The van der Waals surface area contributed by atoms with Gasteiger partial charge in [-0.15, -0.1) is 0 Å². The van der Waals surface area contributed by atoms with Gasteiger partial charge in [-0.1, -0.05) is 35.4 Å². The van der Waals surface area contributed by atoms with E-state index in [1.54, 1.807) is 42.5 Å². The summed E-state index contributed by atoms with van der Waals surface area (Å²) in [5.41, 5.74) is 4.69. The monoisotopic (exact) mass is 519 g/mol. The van der Waals surface area contributed by atoms with Gasteiger partial charge in [-0.3, -0.25) is 14.4 Å². The standard InChI is InChI=1S/C28H26ClN3O5/c1-15-11-16(2)24(17(3)12-15)31-26(33)18-7-6-8-19(13-18)30-25-23(29)27(34)32(28(25)35)21-10-9-20(36-4)14-22(21)37-5/h6-14,30H,1-5H3,(H,31,33). The van der Waals surface area contributed by atoms with Crippen LogP contribution in [0.5, 0.6) is 11.5 Å². The van der Waals surface area contributed by atoms with Gasteiger partial charge in [0.1, 0.15) is 22.2 Å². The number of amides is 3. The summed E-state index contributed by atoms with van der Waals surface area (Å²) in [5, 5.41) is 5.60. The fraction of sp³-hybridized carbons (Fsp3) is 0.179. The first-order valence-corrected chi connectivity index (χ1v) is 11.8. The summed E-state index contributed by atoms with van der Waals surface area (Å²) in [4.78, 5) is 40.1. The fourth-order valence-corrected chi connectivity index (χ4v) is 4.46. The first-order valence-electron chi connectivity index (χ1n) is 11.4. The number of ether oxygens (including phenoxy) is 2. The number of methoxy groups -OCH3 is 2. The van der Waals surface area contributed by atoms with Crippen LogP contribution >= 0.6 is 11.6 Å². The summed E-state index contributed by atoms with van der Waals surface area (Å²) in [6.07, 6.45) is 0. The highest BCUT2D eigenvalue weighted by molar-refractivity contribution is 6.53. The molecule has 1 aliphatic rings. The fourth-order valence-electron chi connectivity index (χ4n) is 4.25. The maximum Gasteiger partial charge on any atom is 0.283 e. The molecule has 0 aliphatic carbocycles. The summed E-state index contributed by atoms with van der Waals surface area (Å²) < 4.78 is 10.5. The van der Waals surface area contributed by atoms with Gasteiger partial charge in [0.05, 0.1) is 19.9 Å². The van der Waals surface area contributed by atoms with Crippen molar-refractivity contribution in [2.45, 2.75) is 20.8 Å². The number of halogens is 1. The topological polar surface area (TPSA) is 97.0 Å². The van der Waals surface area contributed by atoms with Gasteiger partial charge in [0.25, 0.3) is 17.7 Å². The van der Waals surface area contributed by atoms with Crippen LogP contribution in [0.2, 0.25) is 0 Å². The van der Waals surface area contributed by atoms with Crippen molar-refractivity contribution in [1.82, 2.24) is 0 Å². The van der Waals surface area contributed by atoms with Crippen LogP contribution in [0.1, 0.15) is 27.0 Å². The first-order chi connectivity index (χ1) is 17.6. The second-order valence-corrected chi connectivity index (χ2v) is 8.98. The molecule has 0 saturated heterocycles. The van der Waals surface area contributed by atoms with Crippen LogP contribution in [0.4, 0.5) is 17.1 Å². The van der Waals surface area contributed by atoms with E-state index in [-0.39, 0.29) is 28.1 Å². The number of nitrogens with zero attached hydrogens (tertiary/aromatic N) is 1. The van der Waals surface area contributed by atoms with E-state index in [0.29, 0.717) is 17.0 Å². The number of benzene rings is 3. The summed E-state index contributed by atoms with van der Waals surface area (Å²) >= 11 is 6.29. The Morgan fingerprint density at radius 3 is 2.24 bits per heavy atom. The van der Waals surface area contributed by atoms with Crippen molar-refractivity contribution < 1.29 is 23.9 Å². The van der Waals surface area contributed by atoms with Crippen LogP contribution < -0.4 is 25.0 Å². The summed E-state index contributed by atoms with van der Waals surface area (Å²) in [6.45, 7) is 5.88. The third kappa shape index (κ3) is 5.01. The quantitative estimate of drug-likeness (QED) is 0.410. The highest BCUT2D eigenvalue weighted by Crippen LogP contribution is 2.37. The second-order valence-electron chi connectivity index (χ2n) is 8.61. The number of nitrogens with one attached hydrogen (secondary N) is 2. The minimum atomic E-state index is -0.697. The van der Waals surface area contributed by atoms with Gasteiger partial charge in [-0.05, 0) is 62.2 Å². The van der Waals surface area contributed by atoms with Gasteiger partial charge in [0.2, 0.25) is 0 Å². The number of anilines is 3. The van der Waals surface area contributed by atoms with Crippen LogP contribution in [-0.4, -0.2) is 31.9 Å². The van der Waals surface area contributed by atoms with Gasteiger partial charge < -0.3 is 20.1 Å². The predicted molar refractivity (Wildman–Crippen MR) is 144 cm³/mol. The van der Waals surface area contributed by atoms with Gasteiger partial charge in [-0.2, -0.15) is 0 Å². The number of hydrogen-bond donors (Lipinski definition) is 2. The molecule has 3 aromatic carbocycles. The van der Waals surface area contributed by atoms with E-state index in [4.69, 9.17) is 21.1 Å². The molecule has 1 heterocycles. The molecule has 0 bridgehead atoms. The van der Waals surface area contributed by atoms with E-state index in [2.05, 4.69) is 10.6 Å². The number of carbonyl (C=O) groups excluding carboxylic acids is 3. The van der Waals surface area contributed by atoms with E-state index in [1.807, 2.05) is 32.9 Å². The molecule has 4 rings (SSSR count). The molecule has 0 fully saturated rings. The van der Waals surface area contributed by atoms with Crippen molar-refractivity contribution in [2.75, 3.05) is 29.8 Å². The molecule has 8 nitrogen and oxygen atoms in total.